The molecule has 0 heterocycles. The van der Waals surface area contributed by atoms with E-state index in [4.69, 9.17) is 9.88 Å². The van der Waals surface area contributed by atoms with Crippen LogP contribution in [-0.4, -0.2) is 27.5 Å². The van der Waals surface area contributed by atoms with Crippen LogP contribution in [0.1, 0.15) is 12.5 Å². The Morgan fingerprint density at radius 3 is 2.47 bits per heavy atom. The predicted molar refractivity (Wildman–Crippen MR) is 104 cm³/mol. The number of nitrogens with two attached hydrogens (primary N) is 1. The molecule has 0 aliphatic rings. The first-order valence-corrected chi connectivity index (χ1v) is 9.97. The van der Waals surface area contributed by atoms with E-state index in [1.807, 2.05) is 0 Å². The number of nitriles is 1. The third-order valence-electron chi connectivity index (χ3n) is 3.62. The number of hydrogen-bond acceptors (Lipinski definition) is 6. The maximum atomic E-state index is 12.8. The van der Waals surface area contributed by atoms with Gasteiger partial charge in [-0.2, -0.15) is 14.0 Å². The summed E-state index contributed by atoms with van der Waals surface area (Å²) in [6.07, 6.45) is 1.08. The summed E-state index contributed by atoms with van der Waals surface area (Å²) in [5.41, 5.74) is -0.170. The highest BCUT2D eigenvalue weighted by Crippen LogP contribution is 2.34. The van der Waals surface area contributed by atoms with E-state index in [2.05, 4.69) is 10.1 Å². The average molecular weight is 437 g/mol. The smallest absolute Gasteiger partial charge is 0.387 e. The summed E-state index contributed by atoms with van der Waals surface area (Å²) < 4.78 is 57.9. The molecule has 1 amide bonds. The highest BCUT2D eigenvalue weighted by atomic mass is 32.2. The summed E-state index contributed by atoms with van der Waals surface area (Å²) in [7, 11) is -3.90. The van der Waals surface area contributed by atoms with Crippen LogP contribution < -0.4 is 19.9 Å². The number of rotatable bonds is 8. The average Bonchev–Trinajstić information content (AvgIpc) is 2.67. The van der Waals surface area contributed by atoms with Crippen molar-refractivity contribution < 1.29 is 31.5 Å². The number of primary sulfonamides is 1. The molecule has 0 radical (unpaired) electrons. The fraction of sp³-hybridized carbons (Fsp3) is 0.158. The Morgan fingerprint density at radius 2 is 1.93 bits per heavy atom. The van der Waals surface area contributed by atoms with Crippen LogP contribution >= 0.6 is 0 Å². The third kappa shape index (κ3) is 6.00. The number of para-hydroxylation sites is 1. The summed E-state index contributed by atoms with van der Waals surface area (Å²) in [6.45, 7) is -1.30. The van der Waals surface area contributed by atoms with Gasteiger partial charge in [0, 0.05) is 11.3 Å². The fourth-order valence-electron chi connectivity index (χ4n) is 2.36. The molecule has 0 saturated heterocycles. The van der Waals surface area contributed by atoms with Crippen molar-refractivity contribution in [2.45, 2.75) is 18.4 Å². The second-order valence-electron chi connectivity index (χ2n) is 5.68. The third-order valence-corrected chi connectivity index (χ3v) is 4.55. The van der Waals surface area contributed by atoms with Crippen LogP contribution in [0.3, 0.4) is 0 Å². The summed E-state index contributed by atoms with van der Waals surface area (Å²) in [5.74, 6) is -1.12. The highest BCUT2D eigenvalue weighted by Gasteiger charge is 2.17. The van der Waals surface area contributed by atoms with Gasteiger partial charge in [0.05, 0.1) is 11.5 Å². The molecule has 0 bridgehead atoms. The van der Waals surface area contributed by atoms with Crippen molar-refractivity contribution in [1.29, 1.82) is 5.26 Å². The SMILES string of the molecule is CCOc1cccc(/C=C(\C#N)C(=O)Nc2ccc(S(N)(=O)=O)cc2)c1OC(F)F. The number of hydrogen-bond donors (Lipinski definition) is 2. The molecule has 0 aliphatic heterocycles. The van der Waals surface area contributed by atoms with Gasteiger partial charge in [0.15, 0.2) is 11.5 Å². The van der Waals surface area contributed by atoms with Crippen molar-refractivity contribution in [2.75, 3.05) is 11.9 Å². The zero-order valence-electron chi connectivity index (χ0n) is 15.6. The fourth-order valence-corrected chi connectivity index (χ4v) is 2.88. The van der Waals surface area contributed by atoms with Gasteiger partial charge in [-0.1, -0.05) is 12.1 Å². The minimum Gasteiger partial charge on any atom is -0.490 e. The van der Waals surface area contributed by atoms with E-state index < -0.39 is 28.1 Å². The Balaban J connectivity index is 2.34. The lowest BCUT2D eigenvalue weighted by molar-refractivity contribution is -0.112. The number of anilines is 1. The lowest BCUT2D eigenvalue weighted by Crippen LogP contribution is -2.15. The summed E-state index contributed by atoms with van der Waals surface area (Å²) >= 11 is 0. The molecule has 0 unspecified atom stereocenters. The van der Waals surface area contributed by atoms with Gasteiger partial charge in [-0.15, -0.1) is 0 Å². The van der Waals surface area contributed by atoms with Gasteiger partial charge in [0.2, 0.25) is 10.0 Å². The van der Waals surface area contributed by atoms with Gasteiger partial charge in [0.1, 0.15) is 11.6 Å². The van der Waals surface area contributed by atoms with Crippen LogP contribution in [0.15, 0.2) is 52.9 Å². The minimum absolute atomic E-state index is 0.0304. The normalized spacial score (nSPS) is 11.7. The van der Waals surface area contributed by atoms with Crippen LogP contribution in [0.2, 0.25) is 0 Å². The number of nitrogens with zero attached hydrogens (tertiary/aromatic N) is 1. The standard InChI is InChI=1S/C19H17F2N3O5S/c1-2-28-16-5-3-4-12(17(16)29-19(20)21)10-13(11-22)18(25)24-14-6-8-15(9-7-14)30(23,26)27/h3-10,19H,2H2,1H3,(H,24,25)(H2,23,26,27)/b13-10+. The van der Waals surface area contributed by atoms with Gasteiger partial charge in [-0.3, -0.25) is 4.79 Å². The molecule has 2 aromatic carbocycles. The number of benzene rings is 2. The van der Waals surface area contributed by atoms with Crippen molar-refractivity contribution in [3.8, 4) is 17.6 Å². The zero-order chi connectivity index (χ0) is 22.3. The molecule has 0 spiro atoms. The van der Waals surface area contributed by atoms with E-state index in [0.717, 1.165) is 6.08 Å². The first kappa shape index (κ1) is 22.8. The topological polar surface area (TPSA) is 132 Å². The Morgan fingerprint density at radius 1 is 1.27 bits per heavy atom. The number of halogens is 2. The Labute approximate surface area is 171 Å². The second-order valence-corrected chi connectivity index (χ2v) is 7.24. The van der Waals surface area contributed by atoms with Gasteiger partial charge in [0.25, 0.3) is 5.91 Å². The van der Waals surface area contributed by atoms with Gasteiger partial charge < -0.3 is 14.8 Å². The van der Waals surface area contributed by atoms with Crippen LogP contribution in [0.5, 0.6) is 11.5 Å². The van der Waals surface area contributed by atoms with Crippen LogP contribution in [0.25, 0.3) is 6.08 Å². The van der Waals surface area contributed by atoms with Crippen molar-refractivity contribution in [1.82, 2.24) is 0 Å². The molecular formula is C19H17F2N3O5S. The van der Waals surface area contributed by atoms with Crippen molar-refractivity contribution >= 4 is 27.7 Å². The van der Waals surface area contributed by atoms with E-state index >= 15 is 0 Å². The monoisotopic (exact) mass is 437 g/mol. The second kappa shape index (κ2) is 9.82. The number of sulfonamides is 1. The van der Waals surface area contributed by atoms with E-state index in [9.17, 15) is 27.3 Å². The molecule has 2 rings (SSSR count). The van der Waals surface area contributed by atoms with Gasteiger partial charge >= 0.3 is 6.61 Å². The quantitative estimate of drug-likeness (QED) is 0.482. The summed E-state index contributed by atoms with van der Waals surface area (Å²) in [4.78, 5) is 12.3. The molecule has 0 saturated carbocycles. The van der Waals surface area contributed by atoms with E-state index in [1.165, 1.54) is 42.5 Å². The molecule has 2 aromatic rings. The van der Waals surface area contributed by atoms with Gasteiger partial charge in [-0.25, -0.2) is 13.6 Å². The Bertz CT molecular complexity index is 1090. The maximum absolute atomic E-state index is 12.8. The van der Waals surface area contributed by atoms with Gasteiger partial charge in [-0.05, 0) is 43.3 Å². The molecule has 0 aliphatic carbocycles. The molecule has 30 heavy (non-hydrogen) atoms. The van der Waals surface area contributed by atoms with Crippen molar-refractivity contribution in [2.24, 2.45) is 5.14 Å². The molecular weight excluding hydrogens is 420 g/mol. The Kier molecular flexibility index (Phi) is 7.46. The summed E-state index contributed by atoms with van der Waals surface area (Å²) in [5, 5.41) is 16.7. The number of carbonyl (C=O) groups excluding carboxylic acids is 1. The number of nitrogens with one attached hydrogen (secondary N) is 1. The predicted octanol–water partition coefficient (Wildman–Crippen LogP) is 2.88. The molecule has 0 atom stereocenters. The first-order valence-electron chi connectivity index (χ1n) is 8.42. The number of alkyl halides is 2. The van der Waals surface area contributed by atoms with E-state index in [0.29, 0.717) is 0 Å². The molecule has 0 fully saturated rings. The van der Waals surface area contributed by atoms with Crippen molar-refractivity contribution in [3.05, 3.63) is 53.6 Å². The number of ether oxygens (including phenoxy) is 2. The van der Waals surface area contributed by atoms with E-state index in [-0.39, 0.29) is 34.3 Å². The molecule has 11 heteroatoms. The molecule has 0 aromatic heterocycles. The molecule has 3 N–H and O–H groups in total. The van der Waals surface area contributed by atoms with Crippen molar-refractivity contribution in [3.63, 3.8) is 0 Å². The van der Waals surface area contributed by atoms with Crippen LogP contribution in [-0.2, 0) is 14.8 Å². The number of amides is 1. The summed E-state index contributed by atoms with van der Waals surface area (Å²) in [6, 6.07) is 10.9. The highest BCUT2D eigenvalue weighted by molar-refractivity contribution is 7.89. The minimum atomic E-state index is -3.90. The van der Waals surface area contributed by atoms with E-state index in [1.54, 1.807) is 13.0 Å². The molecule has 8 nitrogen and oxygen atoms in total. The number of carbonyl (C=O) groups is 1. The first-order chi connectivity index (χ1) is 14.2. The van der Waals surface area contributed by atoms with Crippen LogP contribution in [0, 0.1) is 11.3 Å². The maximum Gasteiger partial charge on any atom is 0.387 e. The largest absolute Gasteiger partial charge is 0.490 e. The molecule has 158 valence electrons. The Hall–Kier alpha value is -3.49. The lowest BCUT2D eigenvalue weighted by atomic mass is 10.1. The zero-order valence-corrected chi connectivity index (χ0v) is 16.4. The lowest BCUT2D eigenvalue weighted by Gasteiger charge is -2.14. The van der Waals surface area contributed by atoms with Crippen LogP contribution in [0.4, 0.5) is 14.5 Å².